The quantitative estimate of drug-likeness (QED) is 0.182. The molecular weight excluding hydrogens is 669 g/mol. The monoisotopic (exact) mass is 700 g/mol. The molecule has 55 heavy (non-hydrogen) atoms. The zero-order valence-corrected chi connectivity index (χ0v) is 29.8. The van der Waals surface area contributed by atoms with E-state index in [1.165, 1.54) is 55.5 Å². The molecule has 0 N–H and O–H groups in total. The van der Waals surface area contributed by atoms with Crippen LogP contribution in [0.25, 0.3) is 77.2 Å². The van der Waals surface area contributed by atoms with Crippen molar-refractivity contribution in [2.75, 3.05) is 0 Å². The van der Waals surface area contributed by atoms with E-state index in [2.05, 4.69) is 182 Å². The van der Waals surface area contributed by atoms with Crippen LogP contribution in [0.5, 0.6) is 11.5 Å². The molecule has 2 nitrogen and oxygen atoms in total. The molecule has 1 aromatic heterocycles. The Balaban J connectivity index is 1.06. The van der Waals surface area contributed by atoms with Crippen molar-refractivity contribution in [3.63, 3.8) is 0 Å². The summed E-state index contributed by atoms with van der Waals surface area (Å²) in [5, 5.41) is 4.58. The zero-order valence-electron chi connectivity index (χ0n) is 29.8. The van der Waals surface area contributed by atoms with E-state index >= 15 is 0 Å². The molecule has 256 valence electrons. The highest BCUT2D eigenvalue weighted by molar-refractivity contribution is 6.12. The summed E-state index contributed by atoms with van der Waals surface area (Å²) in [7, 11) is 0. The highest BCUT2D eigenvalue weighted by atomic mass is 16.5. The van der Waals surface area contributed by atoms with Gasteiger partial charge in [-0.15, -0.1) is 0 Å². The summed E-state index contributed by atoms with van der Waals surface area (Å²) in [6.07, 6.45) is 0. The Morgan fingerprint density at radius 1 is 0.345 bits per heavy atom. The van der Waals surface area contributed by atoms with Gasteiger partial charge in [-0.3, -0.25) is 0 Å². The van der Waals surface area contributed by atoms with Crippen LogP contribution < -0.4 is 4.74 Å². The number of benzene rings is 9. The first-order valence-corrected chi connectivity index (χ1v) is 18.9. The molecule has 1 aliphatic heterocycles. The average Bonchev–Trinajstić information content (AvgIpc) is 3.78. The third-order valence-electron chi connectivity index (χ3n) is 12.0. The lowest BCUT2D eigenvalue weighted by Crippen LogP contribution is -2.28. The molecule has 0 spiro atoms. The Labute approximate surface area is 318 Å². The number of furan rings is 1. The van der Waals surface area contributed by atoms with E-state index in [1.54, 1.807) is 0 Å². The van der Waals surface area contributed by atoms with E-state index in [0.29, 0.717) is 0 Å². The number of hydrogen-bond acceptors (Lipinski definition) is 2. The highest BCUT2D eigenvalue weighted by Gasteiger charge is 2.46. The van der Waals surface area contributed by atoms with Gasteiger partial charge in [-0.05, 0) is 103 Å². The van der Waals surface area contributed by atoms with Gasteiger partial charge < -0.3 is 9.15 Å². The van der Waals surface area contributed by atoms with Gasteiger partial charge in [0, 0.05) is 21.7 Å². The second-order valence-corrected chi connectivity index (χ2v) is 14.7. The molecule has 0 radical (unpaired) electrons. The normalized spacial score (nSPS) is 13.4. The van der Waals surface area contributed by atoms with Gasteiger partial charge in [0.25, 0.3) is 0 Å². The highest BCUT2D eigenvalue weighted by Crippen LogP contribution is 2.59. The van der Waals surface area contributed by atoms with Crippen molar-refractivity contribution in [2.45, 2.75) is 5.41 Å². The fourth-order valence-corrected chi connectivity index (χ4v) is 9.67. The van der Waals surface area contributed by atoms with Crippen LogP contribution in [0.3, 0.4) is 0 Å². The Hall–Kier alpha value is -7.16. The fourth-order valence-electron chi connectivity index (χ4n) is 9.67. The van der Waals surface area contributed by atoms with Crippen LogP contribution in [0.4, 0.5) is 0 Å². The summed E-state index contributed by atoms with van der Waals surface area (Å²) in [5.41, 5.74) is 16.0. The standard InChI is InChI=1S/C53H32O2/c1-3-13-35(14-4-1)53(36-15-5-2-6-16-36)45-22-9-7-18-42(45)51-39(21-12-23-46(51)53)37-27-30-50-52-40(37)19-11-20-41(52)44-32-34(26-29-49(44)55-50)33-25-28-48-43(31-33)38-17-8-10-24-47(38)54-48/h1-32H. The minimum atomic E-state index is -0.457. The van der Waals surface area contributed by atoms with Crippen molar-refractivity contribution in [3.8, 4) is 56.0 Å². The number of para-hydroxylation sites is 1. The van der Waals surface area contributed by atoms with Gasteiger partial charge in [-0.25, -0.2) is 0 Å². The van der Waals surface area contributed by atoms with Gasteiger partial charge in [0.2, 0.25) is 0 Å². The van der Waals surface area contributed by atoms with Crippen molar-refractivity contribution in [2.24, 2.45) is 0 Å². The first-order valence-electron chi connectivity index (χ1n) is 18.9. The zero-order chi connectivity index (χ0) is 36.1. The van der Waals surface area contributed by atoms with E-state index in [0.717, 1.165) is 55.5 Å². The molecule has 1 aliphatic carbocycles. The van der Waals surface area contributed by atoms with E-state index in [4.69, 9.17) is 9.15 Å². The van der Waals surface area contributed by atoms with E-state index < -0.39 is 5.41 Å². The molecule has 0 saturated carbocycles. The minimum Gasteiger partial charge on any atom is -0.456 e. The van der Waals surface area contributed by atoms with Gasteiger partial charge in [0.05, 0.1) is 5.41 Å². The summed E-state index contributed by atoms with van der Waals surface area (Å²) in [4.78, 5) is 0. The molecular formula is C53H32O2. The molecule has 9 aromatic carbocycles. The lowest BCUT2D eigenvalue weighted by Gasteiger charge is -2.34. The lowest BCUT2D eigenvalue weighted by atomic mass is 9.67. The summed E-state index contributed by atoms with van der Waals surface area (Å²) in [6.45, 7) is 0. The molecule has 10 aromatic rings. The van der Waals surface area contributed by atoms with Crippen molar-refractivity contribution >= 4 is 32.7 Å². The molecule has 0 atom stereocenters. The van der Waals surface area contributed by atoms with Gasteiger partial charge >= 0.3 is 0 Å². The summed E-state index contributed by atoms with van der Waals surface area (Å²) in [5.74, 6) is 1.76. The Morgan fingerprint density at radius 3 is 1.82 bits per heavy atom. The minimum absolute atomic E-state index is 0.457. The molecule has 2 heteroatoms. The predicted octanol–water partition coefficient (Wildman–Crippen LogP) is 14.2. The topological polar surface area (TPSA) is 22.4 Å². The summed E-state index contributed by atoms with van der Waals surface area (Å²) in [6, 6.07) is 70.3. The van der Waals surface area contributed by atoms with Gasteiger partial charge in [-0.2, -0.15) is 0 Å². The predicted molar refractivity (Wildman–Crippen MR) is 225 cm³/mol. The fraction of sp³-hybridized carbons (Fsp3) is 0.0189. The third-order valence-corrected chi connectivity index (χ3v) is 12.0. The maximum absolute atomic E-state index is 6.73. The van der Waals surface area contributed by atoms with Crippen molar-refractivity contribution in [3.05, 3.63) is 216 Å². The lowest BCUT2D eigenvalue weighted by molar-refractivity contribution is 0.487. The van der Waals surface area contributed by atoms with E-state index in [-0.39, 0.29) is 0 Å². The second-order valence-electron chi connectivity index (χ2n) is 14.7. The molecule has 0 saturated heterocycles. The number of ether oxygens (including phenoxy) is 1. The van der Waals surface area contributed by atoms with Crippen LogP contribution in [0, 0.1) is 0 Å². The van der Waals surface area contributed by atoms with Gasteiger partial charge in [-0.1, -0.05) is 158 Å². The molecule has 0 unspecified atom stereocenters. The Kier molecular flexibility index (Phi) is 6.29. The van der Waals surface area contributed by atoms with Crippen molar-refractivity contribution < 1.29 is 9.15 Å². The molecule has 0 fully saturated rings. The van der Waals surface area contributed by atoms with Gasteiger partial charge in [0.15, 0.2) is 0 Å². The number of hydrogen-bond donors (Lipinski definition) is 0. The SMILES string of the molecule is c1ccc(C2(c3ccccc3)c3ccccc3-c3c(-c4ccc5c6c(cccc46)-c4cc(-c6ccc7oc8ccccc8c7c6)ccc4O5)cccc32)cc1. The van der Waals surface area contributed by atoms with Crippen molar-refractivity contribution in [1.82, 2.24) is 0 Å². The van der Waals surface area contributed by atoms with Crippen LogP contribution in [0.2, 0.25) is 0 Å². The van der Waals surface area contributed by atoms with E-state index in [1.807, 2.05) is 12.1 Å². The van der Waals surface area contributed by atoms with Crippen LogP contribution >= 0.6 is 0 Å². The maximum atomic E-state index is 6.73. The number of rotatable bonds is 4. The van der Waals surface area contributed by atoms with Crippen LogP contribution in [-0.2, 0) is 5.41 Å². The van der Waals surface area contributed by atoms with E-state index in [9.17, 15) is 0 Å². The average molecular weight is 701 g/mol. The smallest absolute Gasteiger partial charge is 0.135 e. The van der Waals surface area contributed by atoms with Crippen LogP contribution in [0.15, 0.2) is 199 Å². The number of fused-ring (bicyclic) bond motifs is 8. The summed E-state index contributed by atoms with van der Waals surface area (Å²) < 4.78 is 12.9. The Bertz CT molecular complexity index is 3130. The molecule has 2 aliphatic rings. The largest absolute Gasteiger partial charge is 0.456 e. The Morgan fingerprint density at radius 2 is 0.964 bits per heavy atom. The van der Waals surface area contributed by atoms with Crippen LogP contribution in [0.1, 0.15) is 22.3 Å². The molecule has 0 amide bonds. The van der Waals surface area contributed by atoms with Gasteiger partial charge in [0.1, 0.15) is 22.7 Å². The molecule has 2 heterocycles. The second kappa shape index (κ2) is 11.4. The van der Waals surface area contributed by atoms with Crippen LogP contribution in [-0.4, -0.2) is 0 Å². The third kappa shape index (κ3) is 4.19. The first kappa shape index (κ1) is 30.3. The molecule has 0 bridgehead atoms. The first-order chi connectivity index (χ1) is 27.3. The summed E-state index contributed by atoms with van der Waals surface area (Å²) >= 11 is 0. The maximum Gasteiger partial charge on any atom is 0.135 e. The van der Waals surface area contributed by atoms with Crippen molar-refractivity contribution in [1.29, 1.82) is 0 Å². The molecule has 12 rings (SSSR count).